The number of nitrogens with one attached hydrogen (secondary N) is 1. The van der Waals surface area contributed by atoms with Crippen LogP contribution in [0.5, 0.6) is 0 Å². The van der Waals surface area contributed by atoms with E-state index >= 15 is 0 Å². The highest BCUT2D eigenvalue weighted by molar-refractivity contribution is 7.14. The van der Waals surface area contributed by atoms with Crippen molar-refractivity contribution in [2.75, 3.05) is 5.32 Å². The molecular weight excluding hydrogens is 276 g/mol. The highest BCUT2D eigenvalue weighted by Gasteiger charge is 2.11. The summed E-state index contributed by atoms with van der Waals surface area (Å²) in [6.45, 7) is 0. The van der Waals surface area contributed by atoms with E-state index in [1.807, 2.05) is 47.2 Å². The first-order valence-electron chi connectivity index (χ1n) is 5.68. The second-order valence-electron chi connectivity index (χ2n) is 3.86. The van der Waals surface area contributed by atoms with Gasteiger partial charge in [-0.25, -0.2) is 4.98 Å². The fourth-order valence-electron chi connectivity index (χ4n) is 1.68. The largest absolute Gasteiger partial charge is 0.297 e. The van der Waals surface area contributed by atoms with Gasteiger partial charge >= 0.3 is 0 Å². The van der Waals surface area contributed by atoms with Gasteiger partial charge < -0.3 is 0 Å². The summed E-state index contributed by atoms with van der Waals surface area (Å²) in [5.74, 6) is -0.109. The first-order chi connectivity index (χ1) is 9.33. The Morgan fingerprint density at radius 3 is 2.68 bits per heavy atom. The van der Waals surface area contributed by atoms with E-state index in [1.54, 1.807) is 6.20 Å². The van der Waals surface area contributed by atoms with Crippen LogP contribution < -0.4 is 5.32 Å². The number of thiophene rings is 1. The predicted octanol–water partition coefficient (Wildman–Crippen LogP) is 4.12. The van der Waals surface area contributed by atoms with Gasteiger partial charge in [-0.2, -0.15) is 0 Å². The maximum atomic E-state index is 12.0. The molecule has 0 radical (unpaired) electrons. The zero-order chi connectivity index (χ0) is 13.1. The minimum atomic E-state index is -0.109. The van der Waals surface area contributed by atoms with E-state index in [4.69, 9.17) is 0 Å². The quantitative estimate of drug-likeness (QED) is 0.786. The van der Waals surface area contributed by atoms with Crippen LogP contribution in [0.25, 0.3) is 11.1 Å². The van der Waals surface area contributed by atoms with Crippen molar-refractivity contribution in [2.45, 2.75) is 0 Å². The van der Waals surface area contributed by atoms with Gasteiger partial charge in [-0.3, -0.25) is 10.1 Å². The number of thiazole rings is 1. The van der Waals surface area contributed by atoms with Crippen molar-refractivity contribution in [2.24, 2.45) is 0 Å². The number of aromatic nitrogens is 1. The van der Waals surface area contributed by atoms with Crippen molar-refractivity contribution >= 4 is 33.7 Å². The first kappa shape index (κ1) is 12.1. The monoisotopic (exact) mass is 286 g/mol. The van der Waals surface area contributed by atoms with Crippen LogP contribution in [0.15, 0.2) is 53.4 Å². The molecule has 19 heavy (non-hydrogen) atoms. The number of nitrogens with zero attached hydrogens (tertiary/aromatic N) is 1. The number of rotatable bonds is 3. The molecule has 3 nitrogen and oxygen atoms in total. The lowest BCUT2D eigenvalue weighted by atomic mass is 10.1. The Kier molecular flexibility index (Phi) is 3.39. The standard InChI is InChI=1S/C14H10N2OS2/c17-13(16-14-15-6-7-18-14)12-8-11(9-19-12)10-4-2-1-3-5-10/h1-9H,(H,15,16,17). The lowest BCUT2D eigenvalue weighted by molar-refractivity contribution is 0.103. The SMILES string of the molecule is O=C(Nc1nccs1)c1cc(-c2ccccc2)cs1. The Labute approximate surface area is 118 Å². The third kappa shape index (κ3) is 2.72. The molecule has 2 heterocycles. The summed E-state index contributed by atoms with van der Waals surface area (Å²) >= 11 is 2.85. The third-order valence-corrected chi connectivity index (χ3v) is 4.20. The fraction of sp³-hybridized carbons (Fsp3) is 0. The normalized spacial score (nSPS) is 10.3. The van der Waals surface area contributed by atoms with Crippen LogP contribution in [0.3, 0.4) is 0 Å². The van der Waals surface area contributed by atoms with E-state index in [9.17, 15) is 4.79 Å². The van der Waals surface area contributed by atoms with Gasteiger partial charge in [-0.15, -0.1) is 22.7 Å². The van der Waals surface area contributed by atoms with Crippen molar-refractivity contribution < 1.29 is 4.79 Å². The molecule has 2 aromatic heterocycles. The highest BCUT2D eigenvalue weighted by atomic mass is 32.1. The molecule has 0 aliphatic heterocycles. The van der Waals surface area contributed by atoms with Crippen molar-refractivity contribution in [3.63, 3.8) is 0 Å². The van der Waals surface area contributed by atoms with Gasteiger partial charge in [0.25, 0.3) is 5.91 Å². The molecule has 1 aromatic carbocycles. The lowest BCUT2D eigenvalue weighted by Gasteiger charge is -1.98. The van der Waals surface area contributed by atoms with Crippen LogP contribution in [0.4, 0.5) is 5.13 Å². The summed E-state index contributed by atoms with van der Waals surface area (Å²) in [5.41, 5.74) is 2.18. The average molecular weight is 286 g/mol. The second-order valence-corrected chi connectivity index (χ2v) is 5.66. The van der Waals surface area contributed by atoms with Crippen molar-refractivity contribution in [1.82, 2.24) is 4.98 Å². The predicted molar refractivity (Wildman–Crippen MR) is 79.8 cm³/mol. The minimum absolute atomic E-state index is 0.109. The molecule has 0 atom stereocenters. The zero-order valence-corrected chi connectivity index (χ0v) is 11.5. The van der Waals surface area contributed by atoms with Gasteiger partial charge in [-0.1, -0.05) is 30.3 Å². The van der Waals surface area contributed by atoms with Crippen LogP contribution in [0, 0.1) is 0 Å². The molecule has 1 amide bonds. The Bertz CT molecular complexity index is 675. The topological polar surface area (TPSA) is 42.0 Å². The van der Waals surface area contributed by atoms with Gasteiger partial charge in [0, 0.05) is 11.6 Å². The second kappa shape index (κ2) is 5.34. The van der Waals surface area contributed by atoms with Crippen molar-refractivity contribution in [3.8, 4) is 11.1 Å². The van der Waals surface area contributed by atoms with Gasteiger partial charge in [-0.05, 0) is 22.6 Å². The van der Waals surface area contributed by atoms with E-state index in [0.29, 0.717) is 10.0 Å². The highest BCUT2D eigenvalue weighted by Crippen LogP contribution is 2.26. The molecule has 3 rings (SSSR count). The molecule has 0 aliphatic carbocycles. The Morgan fingerprint density at radius 1 is 1.11 bits per heavy atom. The van der Waals surface area contributed by atoms with Crippen LogP contribution >= 0.6 is 22.7 Å². The summed E-state index contributed by atoms with van der Waals surface area (Å²) in [5, 5.41) is 7.23. The van der Waals surface area contributed by atoms with Gasteiger partial charge in [0.15, 0.2) is 5.13 Å². The number of anilines is 1. The van der Waals surface area contributed by atoms with Crippen LogP contribution in [0.2, 0.25) is 0 Å². The summed E-state index contributed by atoms with van der Waals surface area (Å²) in [6.07, 6.45) is 1.67. The van der Waals surface area contributed by atoms with Crippen molar-refractivity contribution in [1.29, 1.82) is 0 Å². The third-order valence-electron chi connectivity index (χ3n) is 2.58. The summed E-state index contributed by atoms with van der Waals surface area (Å²) in [4.78, 5) is 16.7. The summed E-state index contributed by atoms with van der Waals surface area (Å²) in [6, 6.07) is 11.9. The van der Waals surface area contributed by atoms with E-state index in [1.165, 1.54) is 22.7 Å². The van der Waals surface area contributed by atoms with Crippen LogP contribution in [-0.2, 0) is 0 Å². The molecule has 0 spiro atoms. The first-order valence-corrected chi connectivity index (χ1v) is 7.43. The maximum Gasteiger partial charge on any atom is 0.267 e. The molecule has 0 saturated carbocycles. The number of hydrogen-bond acceptors (Lipinski definition) is 4. The van der Waals surface area contributed by atoms with Gasteiger partial charge in [0.1, 0.15) is 0 Å². The molecule has 0 saturated heterocycles. The molecule has 0 fully saturated rings. The number of carbonyl (C=O) groups excluding carboxylic acids is 1. The number of benzene rings is 1. The van der Waals surface area contributed by atoms with E-state index < -0.39 is 0 Å². The Morgan fingerprint density at radius 2 is 1.95 bits per heavy atom. The number of amides is 1. The van der Waals surface area contributed by atoms with E-state index in [2.05, 4.69) is 10.3 Å². The molecule has 94 valence electrons. The summed E-state index contributed by atoms with van der Waals surface area (Å²) < 4.78 is 0. The zero-order valence-electron chi connectivity index (χ0n) is 9.87. The minimum Gasteiger partial charge on any atom is -0.297 e. The smallest absolute Gasteiger partial charge is 0.267 e. The van der Waals surface area contributed by atoms with E-state index in [-0.39, 0.29) is 5.91 Å². The van der Waals surface area contributed by atoms with Gasteiger partial charge in [0.05, 0.1) is 4.88 Å². The summed E-state index contributed by atoms with van der Waals surface area (Å²) in [7, 11) is 0. The lowest BCUT2D eigenvalue weighted by Crippen LogP contribution is -2.09. The molecule has 0 bridgehead atoms. The average Bonchev–Trinajstić information content (AvgIpc) is 3.10. The Hall–Kier alpha value is -1.98. The number of carbonyl (C=O) groups is 1. The van der Waals surface area contributed by atoms with Crippen LogP contribution in [0.1, 0.15) is 9.67 Å². The fourth-order valence-corrected chi connectivity index (χ4v) is 3.02. The maximum absolute atomic E-state index is 12.0. The Balaban J connectivity index is 1.80. The number of hydrogen-bond donors (Lipinski definition) is 1. The van der Waals surface area contributed by atoms with E-state index in [0.717, 1.165) is 11.1 Å². The van der Waals surface area contributed by atoms with Gasteiger partial charge in [0.2, 0.25) is 0 Å². The van der Waals surface area contributed by atoms with Crippen LogP contribution in [-0.4, -0.2) is 10.9 Å². The molecule has 0 unspecified atom stereocenters. The molecular formula is C14H10N2OS2. The molecule has 5 heteroatoms. The molecule has 3 aromatic rings. The van der Waals surface area contributed by atoms with Crippen molar-refractivity contribution in [3.05, 3.63) is 58.2 Å². The molecule has 1 N–H and O–H groups in total. The molecule has 0 aliphatic rings.